The summed E-state index contributed by atoms with van der Waals surface area (Å²) in [7, 11) is 1.56. The fourth-order valence-electron chi connectivity index (χ4n) is 2.94. The Morgan fingerprint density at radius 1 is 1.18 bits per heavy atom. The molecule has 1 aliphatic heterocycles. The summed E-state index contributed by atoms with van der Waals surface area (Å²) in [5, 5.41) is 19.1. The third-order valence-electron chi connectivity index (χ3n) is 4.03. The van der Waals surface area contributed by atoms with Crippen LogP contribution in [-0.4, -0.2) is 13.7 Å². The lowest BCUT2D eigenvalue weighted by Gasteiger charge is -2.26. The molecule has 3 rings (SSSR count). The molecule has 0 aliphatic carbocycles. The van der Waals surface area contributed by atoms with Crippen LogP contribution in [0.25, 0.3) is 0 Å². The summed E-state index contributed by atoms with van der Waals surface area (Å²) in [5.41, 5.74) is 3.53. The predicted molar refractivity (Wildman–Crippen MR) is 83.6 cm³/mol. The van der Waals surface area contributed by atoms with E-state index in [2.05, 4.69) is 23.1 Å². The van der Waals surface area contributed by atoms with Crippen molar-refractivity contribution in [3.05, 3.63) is 59.2 Å². The molecule has 0 fully saturated rings. The van der Waals surface area contributed by atoms with Crippen LogP contribution in [-0.2, 0) is 6.42 Å². The topological polar surface area (TPSA) is 60.0 Å². The summed E-state index contributed by atoms with van der Waals surface area (Å²) in [6, 6.07) is 17.4. The van der Waals surface area contributed by atoms with Gasteiger partial charge in [-0.2, -0.15) is 10.5 Å². The number of hydrogen-bond donors (Lipinski definition) is 0. The number of benzene rings is 2. The van der Waals surface area contributed by atoms with Gasteiger partial charge < -0.3 is 9.64 Å². The monoisotopic (exact) mass is 289 g/mol. The molecule has 0 aromatic heterocycles. The van der Waals surface area contributed by atoms with Crippen LogP contribution < -0.4 is 9.64 Å². The molecule has 4 nitrogen and oxygen atoms in total. The fourth-order valence-corrected chi connectivity index (χ4v) is 2.94. The summed E-state index contributed by atoms with van der Waals surface area (Å²) in [6.45, 7) is 0.786. The van der Waals surface area contributed by atoms with Gasteiger partial charge in [-0.3, -0.25) is 0 Å². The van der Waals surface area contributed by atoms with E-state index in [4.69, 9.17) is 4.74 Å². The SMILES string of the molecule is COc1ccc([C@@H](C#N)N2CCc3ccccc32)c(C#N)c1. The summed E-state index contributed by atoms with van der Waals surface area (Å²) in [4.78, 5) is 2.07. The van der Waals surface area contributed by atoms with E-state index in [1.165, 1.54) is 5.56 Å². The van der Waals surface area contributed by atoms with E-state index < -0.39 is 6.04 Å². The van der Waals surface area contributed by atoms with Crippen molar-refractivity contribution in [3.8, 4) is 17.9 Å². The molecule has 4 heteroatoms. The number of rotatable bonds is 3. The third kappa shape index (κ3) is 2.25. The minimum absolute atomic E-state index is 0.468. The van der Waals surface area contributed by atoms with Crippen molar-refractivity contribution in [3.63, 3.8) is 0 Å². The van der Waals surface area contributed by atoms with E-state index >= 15 is 0 Å². The van der Waals surface area contributed by atoms with Crippen molar-refractivity contribution in [1.29, 1.82) is 10.5 Å². The van der Waals surface area contributed by atoms with E-state index in [9.17, 15) is 10.5 Å². The van der Waals surface area contributed by atoms with Crippen LogP contribution in [0, 0.1) is 22.7 Å². The van der Waals surface area contributed by atoms with Gasteiger partial charge in [0.15, 0.2) is 0 Å². The van der Waals surface area contributed by atoms with Crippen molar-refractivity contribution in [2.75, 3.05) is 18.6 Å². The molecule has 2 aromatic carbocycles. The highest BCUT2D eigenvalue weighted by atomic mass is 16.5. The van der Waals surface area contributed by atoms with Gasteiger partial charge in [0.25, 0.3) is 0 Å². The summed E-state index contributed by atoms with van der Waals surface area (Å²) >= 11 is 0. The van der Waals surface area contributed by atoms with Gasteiger partial charge in [0.1, 0.15) is 11.8 Å². The quantitative estimate of drug-likeness (QED) is 0.870. The number of fused-ring (bicyclic) bond motifs is 1. The first-order chi connectivity index (χ1) is 10.8. The maximum Gasteiger partial charge on any atom is 0.144 e. The van der Waals surface area contributed by atoms with Crippen molar-refractivity contribution in [2.45, 2.75) is 12.5 Å². The minimum Gasteiger partial charge on any atom is -0.497 e. The maximum absolute atomic E-state index is 9.68. The molecule has 108 valence electrons. The Balaban J connectivity index is 2.04. The van der Waals surface area contributed by atoms with E-state index in [1.807, 2.05) is 24.3 Å². The van der Waals surface area contributed by atoms with Crippen molar-refractivity contribution in [1.82, 2.24) is 0 Å². The summed E-state index contributed by atoms with van der Waals surface area (Å²) < 4.78 is 5.16. The summed E-state index contributed by atoms with van der Waals surface area (Å²) in [5.74, 6) is 0.624. The van der Waals surface area contributed by atoms with E-state index in [0.717, 1.165) is 24.2 Å². The second kappa shape index (κ2) is 5.79. The van der Waals surface area contributed by atoms with E-state index in [0.29, 0.717) is 11.3 Å². The van der Waals surface area contributed by atoms with Gasteiger partial charge >= 0.3 is 0 Å². The second-order valence-electron chi connectivity index (χ2n) is 5.17. The zero-order chi connectivity index (χ0) is 15.5. The highest BCUT2D eigenvalue weighted by Crippen LogP contribution is 2.36. The molecule has 1 heterocycles. The van der Waals surface area contributed by atoms with Gasteiger partial charge in [0.05, 0.1) is 24.8 Å². The average molecular weight is 289 g/mol. The lowest BCUT2D eigenvalue weighted by molar-refractivity contribution is 0.414. The van der Waals surface area contributed by atoms with Crippen LogP contribution in [0.1, 0.15) is 22.7 Å². The van der Waals surface area contributed by atoms with Crippen LogP contribution in [0.4, 0.5) is 5.69 Å². The molecule has 0 N–H and O–H groups in total. The van der Waals surface area contributed by atoms with Crippen LogP contribution in [0.2, 0.25) is 0 Å². The number of nitriles is 2. The first-order valence-corrected chi connectivity index (χ1v) is 7.10. The molecule has 0 saturated heterocycles. The largest absolute Gasteiger partial charge is 0.497 e. The highest BCUT2D eigenvalue weighted by Gasteiger charge is 2.28. The Bertz CT molecular complexity index is 786. The average Bonchev–Trinajstić information content (AvgIpc) is 3.00. The van der Waals surface area contributed by atoms with Gasteiger partial charge in [-0.05, 0) is 30.2 Å². The molecule has 0 unspecified atom stereocenters. The van der Waals surface area contributed by atoms with Gasteiger partial charge in [0.2, 0.25) is 0 Å². The number of nitrogens with zero attached hydrogens (tertiary/aromatic N) is 3. The first kappa shape index (κ1) is 14.0. The van der Waals surface area contributed by atoms with Gasteiger partial charge in [0, 0.05) is 17.8 Å². The molecular weight excluding hydrogens is 274 g/mol. The number of ether oxygens (including phenoxy) is 1. The van der Waals surface area contributed by atoms with Crippen LogP contribution >= 0.6 is 0 Å². The molecule has 0 radical (unpaired) electrons. The Morgan fingerprint density at radius 2 is 2.00 bits per heavy atom. The van der Waals surface area contributed by atoms with Crippen molar-refractivity contribution >= 4 is 5.69 Å². The van der Waals surface area contributed by atoms with Gasteiger partial charge in [-0.1, -0.05) is 24.3 Å². The predicted octanol–water partition coefficient (Wildman–Crippen LogP) is 3.19. The lowest BCUT2D eigenvalue weighted by Crippen LogP contribution is -2.26. The zero-order valence-corrected chi connectivity index (χ0v) is 12.3. The Morgan fingerprint density at radius 3 is 2.73 bits per heavy atom. The smallest absolute Gasteiger partial charge is 0.144 e. The van der Waals surface area contributed by atoms with E-state index in [-0.39, 0.29) is 0 Å². The molecule has 1 atom stereocenters. The molecule has 0 saturated carbocycles. The van der Waals surface area contributed by atoms with Crippen molar-refractivity contribution in [2.24, 2.45) is 0 Å². The molecule has 2 aromatic rings. The van der Waals surface area contributed by atoms with Crippen LogP contribution in [0.5, 0.6) is 5.75 Å². The lowest BCUT2D eigenvalue weighted by atomic mass is 10.00. The molecule has 22 heavy (non-hydrogen) atoms. The molecule has 0 bridgehead atoms. The standard InChI is InChI=1S/C18H15N3O/c1-22-15-6-7-16(14(10-15)11-19)18(12-20)21-9-8-13-4-2-3-5-17(13)21/h2-7,10,18H,8-9H2,1H3/t18-/m1/s1. The Kier molecular flexibility index (Phi) is 3.68. The Hall–Kier alpha value is -2.98. The molecule has 0 spiro atoms. The number of hydrogen-bond acceptors (Lipinski definition) is 4. The number of para-hydroxylation sites is 1. The first-order valence-electron chi connectivity index (χ1n) is 7.10. The zero-order valence-electron chi connectivity index (χ0n) is 12.3. The highest BCUT2D eigenvalue weighted by molar-refractivity contribution is 5.62. The molecular formula is C18H15N3O. The normalized spacial score (nSPS) is 13.9. The number of anilines is 1. The van der Waals surface area contributed by atoms with Gasteiger partial charge in [-0.25, -0.2) is 0 Å². The third-order valence-corrected chi connectivity index (χ3v) is 4.03. The van der Waals surface area contributed by atoms with Crippen LogP contribution in [0.3, 0.4) is 0 Å². The van der Waals surface area contributed by atoms with Gasteiger partial charge in [-0.15, -0.1) is 0 Å². The van der Waals surface area contributed by atoms with Crippen LogP contribution in [0.15, 0.2) is 42.5 Å². The maximum atomic E-state index is 9.68. The fraction of sp³-hybridized carbons (Fsp3) is 0.222. The minimum atomic E-state index is -0.468. The molecule has 0 amide bonds. The number of methoxy groups -OCH3 is 1. The molecule has 1 aliphatic rings. The van der Waals surface area contributed by atoms with Crippen molar-refractivity contribution < 1.29 is 4.74 Å². The Labute approximate surface area is 129 Å². The summed E-state index contributed by atoms with van der Waals surface area (Å²) in [6.07, 6.45) is 0.923. The van der Waals surface area contributed by atoms with E-state index in [1.54, 1.807) is 19.2 Å². The second-order valence-corrected chi connectivity index (χ2v) is 5.17.